The number of hydrogen-bond donors (Lipinski definition) is 1. The maximum atomic E-state index is 12.9. The Balaban J connectivity index is 1.68. The van der Waals surface area contributed by atoms with Crippen molar-refractivity contribution in [2.75, 3.05) is 33.3 Å². The molecule has 2 N–H and O–H groups in total. The number of rotatable bonds is 8. The van der Waals surface area contributed by atoms with Crippen molar-refractivity contribution in [1.82, 2.24) is 13.8 Å². The lowest BCUT2D eigenvalue weighted by Crippen LogP contribution is -2.50. The van der Waals surface area contributed by atoms with Gasteiger partial charge in [-0.1, -0.05) is 12.1 Å². The number of methoxy groups -OCH3 is 1. The van der Waals surface area contributed by atoms with E-state index in [1.54, 1.807) is 6.07 Å². The summed E-state index contributed by atoms with van der Waals surface area (Å²) in [6.45, 7) is -2.74. The highest BCUT2D eigenvalue weighted by Crippen LogP contribution is 2.33. The smallest absolute Gasteiger partial charge is 0.387 e. The lowest BCUT2D eigenvalue weighted by Gasteiger charge is -2.33. The number of ether oxygens (including phenoxy) is 2. The quantitative estimate of drug-likeness (QED) is 0.547. The second-order valence-electron chi connectivity index (χ2n) is 7.36. The van der Waals surface area contributed by atoms with Crippen LogP contribution in [0.3, 0.4) is 0 Å². The van der Waals surface area contributed by atoms with E-state index in [-0.39, 0.29) is 53.8 Å². The van der Waals surface area contributed by atoms with E-state index in [0.29, 0.717) is 0 Å². The normalized spacial score (nSPS) is 15.1. The molecule has 0 bridgehead atoms. The number of nitrogens with two attached hydrogens (primary N) is 1. The van der Waals surface area contributed by atoms with E-state index < -0.39 is 28.4 Å². The number of sulfonamides is 1. The van der Waals surface area contributed by atoms with Crippen LogP contribution in [-0.4, -0.2) is 73.9 Å². The number of primary amides is 1. The summed E-state index contributed by atoms with van der Waals surface area (Å²) < 4.78 is 63.5. The van der Waals surface area contributed by atoms with E-state index in [2.05, 4.69) is 4.74 Å². The van der Waals surface area contributed by atoms with Crippen LogP contribution in [0, 0.1) is 0 Å². The van der Waals surface area contributed by atoms with Crippen molar-refractivity contribution in [1.29, 1.82) is 0 Å². The molecule has 1 aromatic carbocycles. The van der Waals surface area contributed by atoms with Gasteiger partial charge in [-0.2, -0.15) is 13.1 Å². The van der Waals surface area contributed by atoms with Crippen molar-refractivity contribution in [2.24, 2.45) is 12.8 Å². The third-order valence-electron chi connectivity index (χ3n) is 5.26. The SMILES string of the molecule is COc1cccc(/C=C/C(=O)N2CCN(S(=O)(=O)c3cc(C(N)=O)n(C)c3)CC2)c1OC(F)F. The van der Waals surface area contributed by atoms with Gasteiger partial charge in [-0.15, -0.1) is 0 Å². The molecule has 34 heavy (non-hydrogen) atoms. The molecular weight excluding hydrogens is 474 g/mol. The lowest BCUT2D eigenvalue weighted by atomic mass is 10.1. The Morgan fingerprint density at radius 1 is 1.18 bits per heavy atom. The number of alkyl halides is 2. The zero-order chi connectivity index (χ0) is 25.0. The first-order valence-electron chi connectivity index (χ1n) is 10.1. The minimum atomic E-state index is -3.88. The number of hydrogen-bond acceptors (Lipinski definition) is 6. The van der Waals surface area contributed by atoms with Crippen LogP contribution >= 0.6 is 0 Å². The predicted octanol–water partition coefficient (Wildman–Crippen LogP) is 1.28. The van der Waals surface area contributed by atoms with E-state index in [1.165, 1.54) is 64.5 Å². The summed E-state index contributed by atoms with van der Waals surface area (Å²) >= 11 is 0. The van der Waals surface area contributed by atoms with Gasteiger partial charge in [0.1, 0.15) is 10.6 Å². The minimum absolute atomic E-state index is 0.0433. The van der Waals surface area contributed by atoms with Crippen LogP contribution in [0.1, 0.15) is 16.1 Å². The molecule has 0 saturated carbocycles. The first kappa shape index (κ1) is 25.2. The molecule has 0 atom stereocenters. The number of aryl methyl sites for hydroxylation is 1. The van der Waals surface area contributed by atoms with Gasteiger partial charge in [0.2, 0.25) is 15.9 Å². The van der Waals surface area contributed by atoms with E-state index in [9.17, 15) is 26.8 Å². The Morgan fingerprint density at radius 3 is 2.41 bits per heavy atom. The number of para-hydroxylation sites is 1. The van der Waals surface area contributed by atoms with Crippen molar-refractivity contribution in [3.8, 4) is 11.5 Å². The number of carbonyl (C=O) groups is 2. The van der Waals surface area contributed by atoms with Gasteiger partial charge in [-0.25, -0.2) is 8.42 Å². The maximum Gasteiger partial charge on any atom is 0.387 e. The van der Waals surface area contributed by atoms with Crippen LogP contribution in [0.4, 0.5) is 8.78 Å². The van der Waals surface area contributed by atoms with Gasteiger partial charge in [0.25, 0.3) is 5.91 Å². The Kier molecular flexibility index (Phi) is 7.57. The van der Waals surface area contributed by atoms with Gasteiger partial charge < -0.3 is 24.7 Å². The van der Waals surface area contributed by atoms with Crippen LogP contribution < -0.4 is 15.2 Å². The number of nitrogens with zero attached hydrogens (tertiary/aromatic N) is 3. The summed E-state index contributed by atoms with van der Waals surface area (Å²) in [4.78, 5) is 25.4. The molecule has 2 aromatic rings. The standard InChI is InChI=1S/C21H24F2N4O6S/c1-25-13-15(12-16(25)20(24)29)34(30,31)27-10-8-26(9-11-27)18(28)7-6-14-4-3-5-17(32-2)19(14)33-21(22)23/h3-7,12-13,21H,8-11H2,1-2H3,(H2,24,29)/b7-6+. The van der Waals surface area contributed by atoms with Gasteiger partial charge in [-0.3, -0.25) is 9.59 Å². The van der Waals surface area contributed by atoms with Crippen LogP contribution in [0.25, 0.3) is 6.08 Å². The monoisotopic (exact) mass is 498 g/mol. The lowest BCUT2D eigenvalue weighted by molar-refractivity contribution is -0.127. The molecule has 184 valence electrons. The molecule has 0 spiro atoms. The number of carbonyl (C=O) groups excluding carboxylic acids is 2. The average Bonchev–Trinajstić information content (AvgIpc) is 3.20. The largest absolute Gasteiger partial charge is 0.493 e. The number of piperazine rings is 1. The molecule has 1 saturated heterocycles. The van der Waals surface area contributed by atoms with Gasteiger partial charge >= 0.3 is 6.61 Å². The minimum Gasteiger partial charge on any atom is -0.493 e. The van der Waals surface area contributed by atoms with E-state index >= 15 is 0 Å². The molecule has 0 aliphatic carbocycles. The van der Waals surface area contributed by atoms with E-state index in [1.807, 2.05) is 0 Å². The zero-order valence-corrected chi connectivity index (χ0v) is 19.3. The summed E-state index contributed by atoms with van der Waals surface area (Å²) in [6.07, 6.45) is 3.84. The first-order valence-corrected chi connectivity index (χ1v) is 11.5. The van der Waals surface area contributed by atoms with Gasteiger partial charge in [0.05, 0.1) is 7.11 Å². The molecular formula is C21H24F2N4O6S. The second kappa shape index (κ2) is 10.2. The maximum absolute atomic E-state index is 12.9. The summed E-state index contributed by atoms with van der Waals surface area (Å²) in [6, 6.07) is 5.73. The first-order chi connectivity index (χ1) is 16.0. The Hall–Kier alpha value is -3.45. The zero-order valence-electron chi connectivity index (χ0n) is 18.5. The highest BCUT2D eigenvalue weighted by molar-refractivity contribution is 7.89. The Morgan fingerprint density at radius 2 is 1.85 bits per heavy atom. The van der Waals surface area contributed by atoms with Crippen LogP contribution in [0.15, 0.2) is 41.4 Å². The van der Waals surface area contributed by atoms with Crippen LogP contribution in [0.2, 0.25) is 0 Å². The van der Waals surface area contributed by atoms with Crippen molar-refractivity contribution in [2.45, 2.75) is 11.5 Å². The molecule has 1 fully saturated rings. The Bertz CT molecular complexity index is 1200. The van der Waals surface area contributed by atoms with Gasteiger partial charge in [-0.05, 0) is 18.2 Å². The second-order valence-corrected chi connectivity index (χ2v) is 9.29. The molecule has 1 aromatic heterocycles. The number of aromatic nitrogens is 1. The molecule has 1 aliphatic rings. The molecule has 1 aliphatic heterocycles. The highest BCUT2D eigenvalue weighted by atomic mass is 32.2. The fourth-order valence-electron chi connectivity index (χ4n) is 3.52. The molecule has 0 radical (unpaired) electrons. The highest BCUT2D eigenvalue weighted by Gasteiger charge is 2.31. The van der Waals surface area contributed by atoms with Crippen LogP contribution in [0.5, 0.6) is 11.5 Å². The average molecular weight is 499 g/mol. The van der Waals surface area contributed by atoms with E-state index in [0.717, 1.165) is 0 Å². The molecule has 2 amide bonds. The molecule has 10 nitrogen and oxygen atoms in total. The summed E-state index contributed by atoms with van der Waals surface area (Å²) in [5.41, 5.74) is 5.54. The molecule has 2 heterocycles. The topological polar surface area (TPSA) is 124 Å². The Labute approximate surface area is 195 Å². The number of amides is 2. The molecule has 13 heteroatoms. The fraction of sp³-hybridized carbons (Fsp3) is 0.333. The fourth-order valence-corrected chi connectivity index (χ4v) is 5.02. The predicted molar refractivity (Wildman–Crippen MR) is 118 cm³/mol. The molecule has 0 unspecified atom stereocenters. The number of halogens is 2. The van der Waals surface area contributed by atoms with Crippen molar-refractivity contribution >= 4 is 27.9 Å². The van der Waals surface area contributed by atoms with Crippen molar-refractivity contribution < 1.29 is 36.3 Å². The molecule has 3 rings (SSSR count). The number of benzene rings is 1. The third kappa shape index (κ3) is 5.37. The van der Waals surface area contributed by atoms with Gasteiger partial charge in [0.15, 0.2) is 11.5 Å². The summed E-state index contributed by atoms with van der Waals surface area (Å²) in [7, 11) is -1.05. The van der Waals surface area contributed by atoms with Gasteiger partial charge in [0, 0.05) is 51.1 Å². The summed E-state index contributed by atoms with van der Waals surface area (Å²) in [5, 5.41) is 0. The van der Waals surface area contributed by atoms with E-state index in [4.69, 9.17) is 10.5 Å². The third-order valence-corrected chi connectivity index (χ3v) is 7.13. The summed E-state index contributed by atoms with van der Waals surface area (Å²) in [5.74, 6) is -1.27. The van der Waals surface area contributed by atoms with Crippen molar-refractivity contribution in [3.05, 3.63) is 47.8 Å². The van der Waals surface area contributed by atoms with Crippen molar-refractivity contribution in [3.63, 3.8) is 0 Å². The van der Waals surface area contributed by atoms with Crippen LogP contribution in [-0.2, 0) is 21.9 Å².